The Morgan fingerprint density at radius 3 is 2.53 bits per heavy atom. The van der Waals surface area contributed by atoms with E-state index in [2.05, 4.69) is 0 Å². The third kappa shape index (κ3) is 2.91. The largest absolute Gasteiger partial charge is 0.337 e. The Labute approximate surface area is 109 Å². The Morgan fingerprint density at radius 1 is 1.32 bits per heavy atom. The molecule has 104 valence electrons. The lowest BCUT2D eigenvalue weighted by Gasteiger charge is -2.16. The SMILES string of the molecule is CS(=O)(=O)[C@H]1CCN(C(=O)c2ccc(F)c(F)c2)C1. The highest BCUT2D eigenvalue weighted by molar-refractivity contribution is 7.91. The van der Waals surface area contributed by atoms with Gasteiger partial charge in [-0.25, -0.2) is 17.2 Å². The number of amides is 1. The van der Waals surface area contributed by atoms with Crippen molar-refractivity contribution in [1.29, 1.82) is 0 Å². The lowest BCUT2D eigenvalue weighted by atomic mass is 10.2. The first-order valence-corrected chi connectivity index (χ1v) is 7.67. The summed E-state index contributed by atoms with van der Waals surface area (Å²) in [6.45, 7) is 0.395. The second kappa shape index (κ2) is 4.88. The molecule has 1 atom stereocenters. The zero-order chi connectivity index (χ0) is 14.2. The summed E-state index contributed by atoms with van der Waals surface area (Å²) in [5.74, 6) is -2.60. The van der Waals surface area contributed by atoms with Crippen LogP contribution in [0.25, 0.3) is 0 Å². The number of benzene rings is 1. The number of carbonyl (C=O) groups is 1. The summed E-state index contributed by atoms with van der Waals surface area (Å²) < 4.78 is 48.6. The molecule has 0 bridgehead atoms. The van der Waals surface area contributed by atoms with Gasteiger partial charge in [0, 0.05) is 24.9 Å². The molecule has 1 heterocycles. The van der Waals surface area contributed by atoms with Crippen molar-refractivity contribution in [3.05, 3.63) is 35.4 Å². The van der Waals surface area contributed by atoms with Crippen LogP contribution in [0.15, 0.2) is 18.2 Å². The third-order valence-corrected chi connectivity index (χ3v) is 4.80. The van der Waals surface area contributed by atoms with Gasteiger partial charge < -0.3 is 4.90 Å². The fraction of sp³-hybridized carbons (Fsp3) is 0.417. The van der Waals surface area contributed by atoms with E-state index in [4.69, 9.17) is 0 Å². The van der Waals surface area contributed by atoms with Crippen molar-refractivity contribution in [2.45, 2.75) is 11.7 Å². The Kier molecular flexibility index (Phi) is 3.58. The topological polar surface area (TPSA) is 54.5 Å². The minimum absolute atomic E-state index is 0.0213. The maximum atomic E-state index is 13.1. The molecule has 0 aliphatic carbocycles. The predicted octanol–water partition coefficient (Wildman–Crippen LogP) is 1.22. The average molecular weight is 289 g/mol. The Balaban J connectivity index is 2.15. The number of rotatable bonds is 2. The fourth-order valence-corrected chi connectivity index (χ4v) is 3.06. The number of sulfone groups is 1. The van der Waals surface area contributed by atoms with Crippen molar-refractivity contribution in [3.8, 4) is 0 Å². The summed E-state index contributed by atoms with van der Waals surface area (Å²) in [6, 6.07) is 2.90. The quantitative estimate of drug-likeness (QED) is 0.822. The third-order valence-electron chi connectivity index (χ3n) is 3.20. The van der Waals surface area contributed by atoms with Gasteiger partial charge in [-0.1, -0.05) is 0 Å². The molecular formula is C12H13F2NO3S. The zero-order valence-corrected chi connectivity index (χ0v) is 11.1. The van der Waals surface area contributed by atoms with Gasteiger partial charge in [0.1, 0.15) is 0 Å². The van der Waals surface area contributed by atoms with Gasteiger partial charge in [0.2, 0.25) is 0 Å². The maximum Gasteiger partial charge on any atom is 0.254 e. The summed E-state index contributed by atoms with van der Waals surface area (Å²) in [6.07, 6.45) is 1.50. The standard InChI is InChI=1S/C12H13F2NO3S/c1-19(17,18)9-4-5-15(7-9)12(16)8-2-3-10(13)11(14)6-8/h2-3,6,9H,4-5,7H2,1H3/t9-/m0/s1. The molecule has 1 aliphatic rings. The number of hydrogen-bond donors (Lipinski definition) is 0. The van der Waals surface area contributed by atoms with Gasteiger partial charge in [-0.15, -0.1) is 0 Å². The lowest BCUT2D eigenvalue weighted by molar-refractivity contribution is 0.0792. The van der Waals surface area contributed by atoms with Crippen molar-refractivity contribution in [1.82, 2.24) is 4.90 Å². The van der Waals surface area contributed by atoms with Gasteiger partial charge in [0.25, 0.3) is 5.91 Å². The Bertz CT molecular complexity index is 615. The molecule has 0 spiro atoms. The van der Waals surface area contributed by atoms with Gasteiger partial charge >= 0.3 is 0 Å². The molecule has 1 fully saturated rings. The van der Waals surface area contributed by atoms with Gasteiger partial charge in [0.05, 0.1) is 5.25 Å². The van der Waals surface area contributed by atoms with Crippen molar-refractivity contribution in [3.63, 3.8) is 0 Å². The molecule has 0 unspecified atom stereocenters. The van der Waals surface area contributed by atoms with Crippen LogP contribution in [0.2, 0.25) is 0 Å². The van der Waals surface area contributed by atoms with Crippen LogP contribution in [-0.4, -0.2) is 43.8 Å². The normalized spacial score (nSPS) is 19.7. The number of hydrogen-bond acceptors (Lipinski definition) is 3. The van der Waals surface area contributed by atoms with E-state index in [0.717, 1.165) is 18.4 Å². The van der Waals surface area contributed by atoms with Crippen molar-refractivity contribution in [2.75, 3.05) is 19.3 Å². The van der Waals surface area contributed by atoms with Crippen molar-refractivity contribution < 1.29 is 22.0 Å². The monoisotopic (exact) mass is 289 g/mol. The Morgan fingerprint density at radius 2 is 2.00 bits per heavy atom. The van der Waals surface area contributed by atoms with E-state index >= 15 is 0 Å². The summed E-state index contributed by atoms with van der Waals surface area (Å²) >= 11 is 0. The van der Waals surface area contributed by atoms with Crippen LogP contribution in [0.4, 0.5) is 8.78 Å². The molecule has 1 aromatic rings. The highest BCUT2D eigenvalue weighted by atomic mass is 32.2. The van der Waals surface area contributed by atoms with E-state index < -0.39 is 32.6 Å². The van der Waals surface area contributed by atoms with Crippen LogP contribution in [0.1, 0.15) is 16.8 Å². The van der Waals surface area contributed by atoms with E-state index in [1.54, 1.807) is 0 Å². The minimum Gasteiger partial charge on any atom is -0.337 e. The Hall–Kier alpha value is -1.50. The smallest absolute Gasteiger partial charge is 0.254 e. The van der Waals surface area contributed by atoms with E-state index in [0.29, 0.717) is 13.0 Å². The molecule has 0 N–H and O–H groups in total. The van der Waals surface area contributed by atoms with Crippen molar-refractivity contribution in [2.24, 2.45) is 0 Å². The van der Waals surface area contributed by atoms with Gasteiger partial charge in [-0.05, 0) is 24.6 Å². The van der Waals surface area contributed by atoms with E-state index in [1.807, 2.05) is 0 Å². The number of likely N-dealkylation sites (tertiary alicyclic amines) is 1. The highest BCUT2D eigenvalue weighted by Gasteiger charge is 2.33. The van der Waals surface area contributed by atoms with Gasteiger partial charge in [-0.2, -0.15) is 0 Å². The maximum absolute atomic E-state index is 13.1. The van der Waals surface area contributed by atoms with Gasteiger partial charge in [0.15, 0.2) is 21.5 Å². The van der Waals surface area contributed by atoms with E-state index in [9.17, 15) is 22.0 Å². The molecule has 19 heavy (non-hydrogen) atoms. The lowest BCUT2D eigenvalue weighted by Crippen LogP contribution is -2.31. The molecule has 2 rings (SSSR count). The van der Waals surface area contributed by atoms with Crippen LogP contribution >= 0.6 is 0 Å². The minimum atomic E-state index is -3.19. The second-order valence-electron chi connectivity index (χ2n) is 4.62. The van der Waals surface area contributed by atoms with Crippen LogP contribution in [0.5, 0.6) is 0 Å². The highest BCUT2D eigenvalue weighted by Crippen LogP contribution is 2.19. The van der Waals surface area contributed by atoms with Crippen LogP contribution in [-0.2, 0) is 9.84 Å². The van der Waals surface area contributed by atoms with Crippen LogP contribution in [0, 0.1) is 11.6 Å². The molecule has 4 nitrogen and oxygen atoms in total. The summed E-state index contributed by atoms with van der Waals surface area (Å²) in [5.41, 5.74) is 0.0213. The predicted molar refractivity (Wildman–Crippen MR) is 65.5 cm³/mol. The molecule has 0 aromatic heterocycles. The first-order chi connectivity index (χ1) is 8.79. The summed E-state index contributed by atoms with van der Waals surface area (Å²) in [7, 11) is -3.19. The second-order valence-corrected chi connectivity index (χ2v) is 6.95. The van der Waals surface area contributed by atoms with Crippen molar-refractivity contribution >= 4 is 15.7 Å². The van der Waals surface area contributed by atoms with Crippen LogP contribution < -0.4 is 0 Å². The summed E-state index contributed by atoms with van der Waals surface area (Å²) in [5, 5.41) is -0.582. The number of nitrogens with zero attached hydrogens (tertiary/aromatic N) is 1. The molecule has 1 aliphatic heterocycles. The van der Waals surface area contributed by atoms with E-state index in [-0.39, 0.29) is 12.1 Å². The summed E-state index contributed by atoms with van der Waals surface area (Å²) in [4.78, 5) is 13.4. The molecule has 1 aromatic carbocycles. The first kappa shape index (κ1) is 13.9. The molecule has 0 saturated carbocycles. The fourth-order valence-electron chi connectivity index (χ4n) is 2.07. The van der Waals surface area contributed by atoms with E-state index in [1.165, 1.54) is 11.0 Å². The molecular weight excluding hydrogens is 276 g/mol. The molecule has 1 amide bonds. The molecule has 1 saturated heterocycles. The zero-order valence-electron chi connectivity index (χ0n) is 10.3. The average Bonchev–Trinajstić information content (AvgIpc) is 2.81. The first-order valence-electron chi connectivity index (χ1n) is 5.72. The number of carbonyl (C=O) groups excluding carboxylic acids is 1. The molecule has 7 heteroatoms. The van der Waals surface area contributed by atoms with Crippen LogP contribution in [0.3, 0.4) is 0 Å². The van der Waals surface area contributed by atoms with Gasteiger partial charge in [-0.3, -0.25) is 4.79 Å². The molecule has 0 radical (unpaired) electrons. The number of halogens is 2.